The van der Waals surface area contributed by atoms with Crippen LogP contribution in [0.1, 0.15) is 21.6 Å². The van der Waals surface area contributed by atoms with Crippen molar-refractivity contribution in [3.63, 3.8) is 0 Å². The number of rotatable bonds is 4. The molecule has 0 aliphatic rings. The van der Waals surface area contributed by atoms with Gasteiger partial charge in [-0.1, -0.05) is 17.3 Å². The summed E-state index contributed by atoms with van der Waals surface area (Å²) in [5, 5.41) is 23.0. The van der Waals surface area contributed by atoms with Gasteiger partial charge in [0.1, 0.15) is 5.69 Å². The van der Waals surface area contributed by atoms with Crippen LogP contribution in [0.25, 0.3) is 0 Å². The quantitative estimate of drug-likeness (QED) is 0.288. The van der Waals surface area contributed by atoms with Crippen LogP contribution in [0.2, 0.25) is 0 Å². The Morgan fingerprint density at radius 1 is 1.24 bits per heavy atom. The molecule has 0 spiro atoms. The fourth-order valence-corrected chi connectivity index (χ4v) is 1.63. The van der Waals surface area contributed by atoms with Gasteiger partial charge in [0.25, 0.3) is 5.91 Å². The van der Waals surface area contributed by atoms with Crippen molar-refractivity contribution in [2.75, 3.05) is 5.32 Å². The summed E-state index contributed by atoms with van der Waals surface area (Å²) in [5.41, 5.74) is 7.39. The minimum atomic E-state index is -0.377. The molecule has 1 heterocycles. The number of nitrogens with one attached hydrogen (secondary N) is 1. The van der Waals surface area contributed by atoms with Gasteiger partial charge in [-0.2, -0.15) is 0 Å². The van der Waals surface area contributed by atoms with Crippen molar-refractivity contribution >= 4 is 17.4 Å². The molecule has 7 nitrogen and oxygen atoms in total. The average Bonchev–Trinajstić information content (AvgIpc) is 2.55. The zero-order chi connectivity index (χ0) is 15.2. The number of hydrogen-bond donors (Lipinski definition) is 4. The Labute approximate surface area is 120 Å². The summed E-state index contributed by atoms with van der Waals surface area (Å²) in [5.74, 6) is -0.452. The summed E-state index contributed by atoms with van der Waals surface area (Å²) < 4.78 is 0. The van der Waals surface area contributed by atoms with Crippen LogP contribution in [0.15, 0.2) is 47.8 Å². The lowest BCUT2D eigenvalue weighted by Crippen LogP contribution is -2.16. The van der Waals surface area contributed by atoms with E-state index >= 15 is 0 Å². The number of anilines is 1. The van der Waals surface area contributed by atoms with Gasteiger partial charge in [-0.25, -0.2) is 0 Å². The van der Waals surface area contributed by atoms with E-state index in [1.165, 1.54) is 18.3 Å². The molecule has 0 saturated heterocycles. The Bertz CT molecular complexity index is 651. The lowest BCUT2D eigenvalue weighted by atomic mass is 10.2. The number of pyridine rings is 1. The molecule has 2 aromatic rings. The van der Waals surface area contributed by atoms with Crippen LogP contribution in [-0.4, -0.2) is 27.0 Å². The van der Waals surface area contributed by atoms with Gasteiger partial charge in [0.05, 0.1) is 6.61 Å². The summed E-state index contributed by atoms with van der Waals surface area (Å²) >= 11 is 0. The molecule has 2 rings (SSSR count). The van der Waals surface area contributed by atoms with E-state index < -0.39 is 0 Å². The molecule has 7 heteroatoms. The maximum atomic E-state index is 12.0. The van der Waals surface area contributed by atoms with Crippen LogP contribution in [-0.2, 0) is 6.61 Å². The number of amidine groups is 1. The van der Waals surface area contributed by atoms with Crippen LogP contribution in [0.5, 0.6) is 0 Å². The molecule has 5 N–H and O–H groups in total. The van der Waals surface area contributed by atoms with Gasteiger partial charge >= 0.3 is 0 Å². The van der Waals surface area contributed by atoms with Crippen LogP contribution in [0.4, 0.5) is 5.69 Å². The summed E-state index contributed by atoms with van der Waals surface area (Å²) in [6.45, 7) is -0.0505. The van der Waals surface area contributed by atoms with E-state index in [-0.39, 0.29) is 24.0 Å². The molecule has 0 aliphatic carbocycles. The fourth-order valence-electron chi connectivity index (χ4n) is 1.63. The Morgan fingerprint density at radius 3 is 2.48 bits per heavy atom. The molecule has 0 saturated carbocycles. The number of nitrogens with zero attached hydrogens (tertiary/aromatic N) is 2. The van der Waals surface area contributed by atoms with Gasteiger partial charge in [0.2, 0.25) is 0 Å². The molecule has 0 fully saturated rings. The van der Waals surface area contributed by atoms with Crippen LogP contribution >= 0.6 is 0 Å². The van der Waals surface area contributed by atoms with Gasteiger partial charge in [0, 0.05) is 17.4 Å². The maximum absolute atomic E-state index is 12.0. The second-order valence-corrected chi connectivity index (χ2v) is 4.23. The highest BCUT2D eigenvalue weighted by molar-refractivity contribution is 6.03. The minimum Gasteiger partial charge on any atom is -0.409 e. The van der Waals surface area contributed by atoms with Gasteiger partial charge in [0.15, 0.2) is 5.84 Å². The van der Waals surface area contributed by atoms with Crippen molar-refractivity contribution in [1.82, 2.24) is 4.98 Å². The Morgan fingerprint density at radius 2 is 1.95 bits per heavy atom. The van der Waals surface area contributed by atoms with Crippen LogP contribution in [0.3, 0.4) is 0 Å². The summed E-state index contributed by atoms with van der Waals surface area (Å²) in [4.78, 5) is 15.9. The molecule has 0 aliphatic heterocycles. The van der Waals surface area contributed by atoms with E-state index in [4.69, 9.17) is 16.0 Å². The molecule has 1 aromatic heterocycles. The minimum absolute atomic E-state index is 0.0505. The number of nitrogens with two attached hydrogens (primary N) is 1. The molecule has 21 heavy (non-hydrogen) atoms. The number of aromatic nitrogens is 1. The SMILES string of the molecule is N/C(=N/O)c1ccc(C(=O)Nc2ccc(CO)cc2)nc1. The lowest BCUT2D eigenvalue weighted by molar-refractivity contribution is 0.102. The van der Waals surface area contributed by atoms with Gasteiger partial charge in [-0.3, -0.25) is 9.78 Å². The monoisotopic (exact) mass is 286 g/mol. The number of aliphatic hydroxyl groups is 1. The number of oxime groups is 1. The van der Waals surface area contributed by atoms with Crippen LogP contribution in [0, 0.1) is 0 Å². The van der Waals surface area contributed by atoms with Crippen molar-refractivity contribution in [3.05, 3.63) is 59.4 Å². The first-order valence-electron chi connectivity index (χ1n) is 6.09. The van der Waals surface area contributed by atoms with Crippen molar-refractivity contribution in [2.24, 2.45) is 10.9 Å². The van der Waals surface area contributed by atoms with E-state index in [0.29, 0.717) is 11.3 Å². The van der Waals surface area contributed by atoms with E-state index in [1.54, 1.807) is 24.3 Å². The third kappa shape index (κ3) is 3.54. The Balaban J connectivity index is 2.09. The topological polar surface area (TPSA) is 121 Å². The number of hydrogen-bond acceptors (Lipinski definition) is 5. The predicted octanol–water partition coefficient (Wildman–Crippen LogP) is 0.921. The summed E-state index contributed by atoms with van der Waals surface area (Å²) in [6.07, 6.45) is 1.35. The van der Waals surface area contributed by atoms with E-state index in [1.807, 2.05) is 0 Å². The predicted molar refractivity (Wildman–Crippen MR) is 77.1 cm³/mol. The molecule has 0 atom stereocenters. The molecule has 0 unspecified atom stereocenters. The lowest BCUT2D eigenvalue weighted by Gasteiger charge is -2.06. The second kappa shape index (κ2) is 6.49. The number of carbonyl (C=O) groups is 1. The van der Waals surface area contributed by atoms with Gasteiger partial charge in [-0.05, 0) is 29.8 Å². The molecule has 0 radical (unpaired) electrons. The first kappa shape index (κ1) is 14.5. The highest BCUT2D eigenvalue weighted by atomic mass is 16.4. The third-order valence-electron chi connectivity index (χ3n) is 2.79. The number of carbonyl (C=O) groups excluding carboxylic acids is 1. The molecule has 108 valence electrons. The summed E-state index contributed by atoms with van der Waals surface area (Å²) in [7, 11) is 0. The second-order valence-electron chi connectivity index (χ2n) is 4.23. The van der Waals surface area contributed by atoms with Crippen molar-refractivity contribution < 1.29 is 15.1 Å². The molecular weight excluding hydrogens is 272 g/mol. The van der Waals surface area contributed by atoms with Crippen LogP contribution < -0.4 is 11.1 Å². The first-order valence-corrected chi connectivity index (χ1v) is 6.09. The van der Waals surface area contributed by atoms with Crippen molar-refractivity contribution in [3.8, 4) is 0 Å². The van der Waals surface area contributed by atoms with Crippen molar-refractivity contribution in [1.29, 1.82) is 0 Å². The van der Waals surface area contributed by atoms with Gasteiger partial charge < -0.3 is 21.4 Å². The normalized spacial score (nSPS) is 11.2. The fraction of sp³-hybridized carbons (Fsp3) is 0.0714. The maximum Gasteiger partial charge on any atom is 0.274 e. The van der Waals surface area contributed by atoms with Crippen molar-refractivity contribution in [2.45, 2.75) is 6.61 Å². The Hall–Kier alpha value is -2.93. The highest BCUT2D eigenvalue weighted by Crippen LogP contribution is 2.11. The highest BCUT2D eigenvalue weighted by Gasteiger charge is 2.08. The molecule has 1 aromatic carbocycles. The number of benzene rings is 1. The average molecular weight is 286 g/mol. The molecule has 1 amide bonds. The van der Waals surface area contributed by atoms with E-state index in [2.05, 4.69) is 15.5 Å². The third-order valence-corrected chi connectivity index (χ3v) is 2.79. The first-order chi connectivity index (χ1) is 10.1. The number of aliphatic hydroxyl groups excluding tert-OH is 1. The standard InChI is InChI=1S/C14H14N4O3/c15-13(18-21)10-3-6-12(16-7-10)14(20)17-11-4-1-9(8-19)2-5-11/h1-7,19,21H,8H2,(H2,15,18)(H,17,20). The van der Waals surface area contributed by atoms with Gasteiger partial charge in [-0.15, -0.1) is 0 Å². The number of amides is 1. The largest absolute Gasteiger partial charge is 0.409 e. The molecular formula is C14H14N4O3. The zero-order valence-corrected chi connectivity index (χ0v) is 11.0. The zero-order valence-electron chi connectivity index (χ0n) is 11.0. The molecule has 0 bridgehead atoms. The smallest absolute Gasteiger partial charge is 0.274 e. The summed E-state index contributed by atoms with van der Waals surface area (Å²) in [6, 6.07) is 9.81. The van der Waals surface area contributed by atoms with E-state index in [0.717, 1.165) is 5.56 Å². The van der Waals surface area contributed by atoms with E-state index in [9.17, 15) is 4.79 Å². The Kier molecular flexibility index (Phi) is 4.47.